The number of benzene rings is 1. The van der Waals surface area contributed by atoms with E-state index in [0.29, 0.717) is 12.1 Å². The molecule has 3 rings (SSSR count). The van der Waals surface area contributed by atoms with Gasteiger partial charge in [0.05, 0.1) is 18.2 Å². The number of hydrogen-bond donors (Lipinski definition) is 0. The van der Waals surface area contributed by atoms with Crippen LogP contribution < -0.4 is 11.2 Å². The topological polar surface area (TPSA) is 85.6 Å². The fraction of sp³-hybridized carbons (Fsp3) is 0.200. The molecule has 0 radical (unpaired) electrons. The zero-order valence-corrected chi connectivity index (χ0v) is 13.2. The molecule has 0 spiro atoms. The van der Waals surface area contributed by atoms with Crippen molar-refractivity contribution in [1.29, 1.82) is 5.26 Å². The van der Waals surface area contributed by atoms with Gasteiger partial charge < -0.3 is 4.57 Å². The number of rotatable bonds is 2. The van der Waals surface area contributed by atoms with Gasteiger partial charge in [0.1, 0.15) is 0 Å². The van der Waals surface area contributed by atoms with E-state index in [9.17, 15) is 9.59 Å². The maximum Gasteiger partial charge on any atom is 0.332 e. The summed E-state index contributed by atoms with van der Waals surface area (Å²) in [6.45, 7) is 0.314. The molecule has 2 heterocycles. The largest absolute Gasteiger partial charge is 0.332 e. The molecule has 23 heavy (non-hydrogen) atoms. The van der Waals surface area contributed by atoms with Gasteiger partial charge in [-0.3, -0.25) is 13.9 Å². The molecule has 116 valence electrons. The van der Waals surface area contributed by atoms with Crippen LogP contribution in [0, 0.1) is 11.3 Å². The third kappa shape index (κ3) is 2.33. The number of fused-ring (bicyclic) bond motifs is 1. The second-order valence-corrected chi connectivity index (χ2v) is 5.49. The number of aromatic nitrogens is 4. The molecule has 0 bridgehead atoms. The second kappa shape index (κ2) is 5.41. The van der Waals surface area contributed by atoms with E-state index in [0.717, 1.165) is 10.1 Å². The Morgan fingerprint density at radius 1 is 1.17 bits per heavy atom. The third-order valence-corrected chi connectivity index (χ3v) is 4.01. The number of nitriles is 1. The SMILES string of the molecule is Cn1c(=O)c2c(nc(Cl)n2Cc2ccc(C#N)cc2)n(C)c1=O. The van der Waals surface area contributed by atoms with Crippen LogP contribution in [0.1, 0.15) is 11.1 Å². The van der Waals surface area contributed by atoms with Crippen LogP contribution in [-0.2, 0) is 20.6 Å². The highest BCUT2D eigenvalue weighted by molar-refractivity contribution is 6.29. The Morgan fingerprint density at radius 2 is 1.83 bits per heavy atom. The first-order valence-electron chi connectivity index (χ1n) is 6.75. The van der Waals surface area contributed by atoms with E-state index in [1.807, 2.05) is 6.07 Å². The number of hydrogen-bond acceptors (Lipinski definition) is 4. The maximum absolute atomic E-state index is 12.4. The smallest absolute Gasteiger partial charge is 0.304 e. The minimum absolute atomic E-state index is 0.127. The lowest BCUT2D eigenvalue weighted by Crippen LogP contribution is -2.37. The molecule has 0 atom stereocenters. The van der Waals surface area contributed by atoms with Crippen LogP contribution in [0.3, 0.4) is 0 Å². The van der Waals surface area contributed by atoms with E-state index in [-0.39, 0.29) is 16.4 Å². The third-order valence-electron chi connectivity index (χ3n) is 3.73. The summed E-state index contributed by atoms with van der Waals surface area (Å²) in [5.74, 6) is 0. The summed E-state index contributed by atoms with van der Waals surface area (Å²) in [6.07, 6.45) is 0. The van der Waals surface area contributed by atoms with Crippen LogP contribution in [0.25, 0.3) is 11.2 Å². The van der Waals surface area contributed by atoms with Crippen LogP contribution in [0.5, 0.6) is 0 Å². The number of aryl methyl sites for hydroxylation is 1. The van der Waals surface area contributed by atoms with Gasteiger partial charge in [-0.25, -0.2) is 4.79 Å². The van der Waals surface area contributed by atoms with Crippen molar-refractivity contribution in [2.45, 2.75) is 6.54 Å². The Kier molecular flexibility index (Phi) is 3.54. The lowest BCUT2D eigenvalue weighted by molar-refractivity contribution is 0.702. The van der Waals surface area contributed by atoms with E-state index in [1.54, 1.807) is 35.9 Å². The number of nitrogens with zero attached hydrogens (tertiary/aromatic N) is 5. The molecule has 0 aliphatic heterocycles. The van der Waals surface area contributed by atoms with Gasteiger partial charge in [-0.2, -0.15) is 10.2 Å². The number of halogens is 1. The molecule has 2 aromatic heterocycles. The van der Waals surface area contributed by atoms with Crippen molar-refractivity contribution < 1.29 is 0 Å². The average molecular weight is 330 g/mol. The molecular weight excluding hydrogens is 318 g/mol. The molecular formula is C15H12ClN5O2. The zero-order valence-electron chi connectivity index (χ0n) is 12.4. The average Bonchev–Trinajstić information content (AvgIpc) is 2.88. The van der Waals surface area contributed by atoms with Crippen molar-refractivity contribution in [3.63, 3.8) is 0 Å². The summed E-state index contributed by atoms with van der Waals surface area (Å²) >= 11 is 6.16. The van der Waals surface area contributed by atoms with Gasteiger partial charge in [0.25, 0.3) is 5.56 Å². The summed E-state index contributed by atoms with van der Waals surface area (Å²) in [5.41, 5.74) is 1.02. The molecule has 0 amide bonds. The Hall–Kier alpha value is -2.85. The van der Waals surface area contributed by atoms with Gasteiger partial charge in [0.15, 0.2) is 11.2 Å². The van der Waals surface area contributed by atoms with Crippen LogP contribution >= 0.6 is 11.6 Å². The Morgan fingerprint density at radius 3 is 2.43 bits per heavy atom. The van der Waals surface area contributed by atoms with Crippen molar-refractivity contribution in [2.24, 2.45) is 14.1 Å². The normalized spacial score (nSPS) is 10.9. The molecule has 0 fully saturated rings. The quantitative estimate of drug-likeness (QED) is 0.657. The standard InChI is InChI=1S/C15H12ClN5O2/c1-19-12-11(13(22)20(2)15(19)23)21(14(16)18-12)8-10-5-3-9(7-17)4-6-10/h3-6H,8H2,1-2H3. The van der Waals surface area contributed by atoms with Gasteiger partial charge in [0.2, 0.25) is 5.28 Å². The predicted molar refractivity (Wildman–Crippen MR) is 85.5 cm³/mol. The minimum Gasteiger partial charge on any atom is -0.304 e. The fourth-order valence-electron chi connectivity index (χ4n) is 2.43. The van der Waals surface area contributed by atoms with Gasteiger partial charge in [-0.05, 0) is 29.3 Å². The summed E-state index contributed by atoms with van der Waals surface area (Å²) < 4.78 is 3.87. The van der Waals surface area contributed by atoms with E-state index < -0.39 is 11.2 Å². The minimum atomic E-state index is -0.456. The van der Waals surface area contributed by atoms with Crippen molar-refractivity contribution in [3.05, 3.63) is 61.5 Å². The zero-order chi connectivity index (χ0) is 16.7. The predicted octanol–water partition coefficient (Wildman–Crippen LogP) is 1.01. The Bertz CT molecular complexity index is 1070. The number of imidazole rings is 1. The second-order valence-electron chi connectivity index (χ2n) is 5.15. The maximum atomic E-state index is 12.4. The van der Waals surface area contributed by atoms with Crippen LogP contribution in [0.15, 0.2) is 33.9 Å². The first kappa shape index (κ1) is 15.1. The van der Waals surface area contributed by atoms with Gasteiger partial charge in [-0.1, -0.05) is 12.1 Å². The van der Waals surface area contributed by atoms with Crippen molar-refractivity contribution >= 4 is 22.8 Å². The summed E-state index contributed by atoms with van der Waals surface area (Å²) in [6, 6.07) is 9.00. The Balaban J connectivity index is 2.22. The molecule has 0 saturated heterocycles. The summed E-state index contributed by atoms with van der Waals surface area (Å²) in [4.78, 5) is 28.5. The van der Waals surface area contributed by atoms with E-state index in [1.165, 1.54) is 11.6 Å². The van der Waals surface area contributed by atoms with Gasteiger partial charge in [-0.15, -0.1) is 0 Å². The lowest BCUT2D eigenvalue weighted by Gasteiger charge is -2.07. The van der Waals surface area contributed by atoms with Crippen LogP contribution in [0.4, 0.5) is 0 Å². The van der Waals surface area contributed by atoms with Crippen molar-refractivity contribution in [1.82, 2.24) is 18.7 Å². The molecule has 8 heteroatoms. The first-order valence-corrected chi connectivity index (χ1v) is 7.12. The van der Waals surface area contributed by atoms with Crippen molar-refractivity contribution in [2.75, 3.05) is 0 Å². The molecule has 7 nitrogen and oxygen atoms in total. The van der Waals surface area contributed by atoms with Gasteiger partial charge in [0, 0.05) is 14.1 Å². The molecule has 1 aromatic carbocycles. The fourth-order valence-corrected chi connectivity index (χ4v) is 2.66. The van der Waals surface area contributed by atoms with E-state index in [4.69, 9.17) is 16.9 Å². The highest BCUT2D eigenvalue weighted by Gasteiger charge is 2.18. The molecule has 0 N–H and O–H groups in total. The highest BCUT2D eigenvalue weighted by Crippen LogP contribution is 2.17. The molecule has 0 aliphatic rings. The highest BCUT2D eigenvalue weighted by atomic mass is 35.5. The monoisotopic (exact) mass is 329 g/mol. The molecule has 0 aliphatic carbocycles. The first-order chi connectivity index (χ1) is 10.9. The lowest BCUT2D eigenvalue weighted by atomic mass is 10.1. The summed E-state index contributed by atoms with van der Waals surface area (Å²) in [5, 5.41) is 8.96. The summed E-state index contributed by atoms with van der Waals surface area (Å²) in [7, 11) is 2.95. The molecule has 0 saturated carbocycles. The van der Waals surface area contributed by atoms with Crippen LogP contribution in [0.2, 0.25) is 5.28 Å². The Labute approximate surface area is 135 Å². The van der Waals surface area contributed by atoms with Gasteiger partial charge >= 0.3 is 5.69 Å². The molecule has 0 unspecified atom stereocenters. The van der Waals surface area contributed by atoms with E-state index >= 15 is 0 Å². The van der Waals surface area contributed by atoms with Crippen LogP contribution in [-0.4, -0.2) is 18.7 Å². The van der Waals surface area contributed by atoms with E-state index in [2.05, 4.69) is 4.98 Å². The molecule has 3 aromatic rings. The van der Waals surface area contributed by atoms with Crippen molar-refractivity contribution in [3.8, 4) is 6.07 Å².